The monoisotopic (exact) mass is 767 g/mol. The van der Waals surface area contributed by atoms with Crippen LogP contribution in [0.3, 0.4) is 0 Å². The standard InChI is InChI=1S/C39H43Cl2N3O7S/c1-4-51-31-17-15-30(16-18-31)44(52(47,48)32-19-21-36(49-2)37(24-32)50-3)26-38(45)43(25-28-14-20-33(40)34(41)22-28)35(23-27-10-6-5-7-11-27)39(46)42-29-12-8-9-13-29/h5-7,10-11,14-22,24,29,35H,4,8-9,12-13,23,25-26H2,1-3H3,(H,42,46)/t35-/m1/s1. The molecule has 10 nitrogen and oxygen atoms in total. The van der Waals surface area contributed by atoms with Crippen molar-refractivity contribution in [2.75, 3.05) is 31.7 Å². The fourth-order valence-corrected chi connectivity index (χ4v) is 8.02. The van der Waals surface area contributed by atoms with Gasteiger partial charge in [-0.15, -0.1) is 0 Å². The number of halogens is 2. The zero-order valence-corrected chi connectivity index (χ0v) is 31.7. The minimum absolute atomic E-state index is 0.0153. The third-order valence-corrected chi connectivity index (χ3v) is 11.5. The van der Waals surface area contributed by atoms with E-state index in [0.717, 1.165) is 35.6 Å². The van der Waals surface area contributed by atoms with Crippen LogP contribution in [0.1, 0.15) is 43.7 Å². The molecule has 1 saturated carbocycles. The number of hydrogen-bond donors (Lipinski definition) is 1. The van der Waals surface area contributed by atoms with Crippen LogP contribution in [0, 0.1) is 0 Å². The summed E-state index contributed by atoms with van der Waals surface area (Å²) in [5.74, 6) is 0.157. The maximum atomic E-state index is 14.8. The molecule has 1 aliphatic rings. The Kier molecular flexibility index (Phi) is 13.3. The maximum absolute atomic E-state index is 14.8. The predicted molar refractivity (Wildman–Crippen MR) is 203 cm³/mol. The molecule has 0 aromatic heterocycles. The van der Waals surface area contributed by atoms with Crippen LogP contribution in [-0.2, 0) is 32.6 Å². The summed E-state index contributed by atoms with van der Waals surface area (Å²) in [5, 5.41) is 3.80. The number of benzene rings is 4. The number of hydrogen-bond acceptors (Lipinski definition) is 7. The number of methoxy groups -OCH3 is 2. The first-order chi connectivity index (χ1) is 25.0. The smallest absolute Gasteiger partial charge is 0.264 e. The van der Waals surface area contributed by atoms with Gasteiger partial charge < -0.3 is 24.4 Å². The van der Waals surface area contributed by atoms with Gasteiger partial charge in [-0.25, -0.2) is 8.42 Å². The molecule has 1 atom stereocenters. The molecular formula is C39H43Cl2N3O7S. The summed E-state index contributed by atoms with van der Waals surface area (Å²) in [5.41, 5.74) is 1.67. The van der Waals surface area contributed by atoms with Crippen LogP contribution in [0.4, 0.5) is 5.69 Å². The first kappa shape index (κ1) is 38.8. The molecule has 2 amide bonds. The van der Waals surface area contributed by atoms with E-state index < -0.39 is 28.5 Å². The molecule has 0 saturated heterocycles. The summed E-state index contributed by atoms with van der Waals surface area (Å²) in [7, 11) is -1.54. The Morgan fingerprint density at radius 3 is 2.17 bits per heavy atom. The average Bonchev–Trinajstić information content (AvgIpc) is 3.67. The molecule has 13 heteroatoms. The van der Waals surface area contributed by atoms with Gasteiger partial charge in [-0.3, -0.25) is 13.9 Å². The van der Waals surface area contributed by atoms with Crippen LogP contribution in [-0.4, -0.2) is 64.6 Å². The van der Waals surface area contributed by atoms with E-state index in [1.54, 1.807) is 42.5 Å². The SMILES string of the molecule is CCOc1ccc(N(CC(=O)N(Cc2ccc(Cl)c(Cl)c2)[C@H](Cc2ccccc2)C(=O)NC2CCCC2)S(=O)(=O)c2ccc(OC)c(OC)c2)cc1. The Balaban J connectivity index is 1.60. The topological polar surface area (TPSA) is 114 Å². The van der Waals surface area contributed by atoms with E-state index in [9.17, 15) is 18.0 Å². The van der Waals surface area contributed by atoms with Gasteiger partial charge in [0.25, 0.3) is 10.0 Å². The number of amides is 2. The van der Waals surface area contributed by atoms with Crippen molar-refractivity contribution in [3.8, 4) is 17.2 Å². The number of anilines is 1. The van der Waals surface area contributed by atoms with Crippen LogP contribution >= 0.6 is 23.2 Å². The summed E-state index contributed by atoms with van der Waals surface area (Å²) >= 11 is 12.6. The molecule has 0 spiro atoms. The van der Waals surface area contributed by atoms with Crippen LogP contribution in [0.25, 0.3) is 0 Å². The molecule has 0 heterocycles. The van der Waals surface area contributed by atoms with Gasteiger partial charge in [0.15, 0.2) is 11.5 Å². The normalized spacial score (nSPS) is 13.6. The summed E-state index contributed by atoms with van der Waals surface area (Å²) < 4.78 is 46.5. The van der Waals surface area contributed by atoms with Crippen LogP contribution in [0.5, 0.6) is 17.2 Å². The Bertz CT molecular complexity index is 1940. The van der Waals surface area contributed by atoms with Crippen molar-refractivity contribution in [3.63, 3.8) is 0 Å². The molecule has 52 heavy (non-hydrogen) atoms. The molecule has 1 N–H and O–H groups in total. The third kappa shape index (κ3) is 9.50. The Morgan fingerprint density at radius 1 is 0.846 bits per heavy atom. The van der Waals surface area contributed by atoms with E-state index in [1.807, 2.05) is 37.3 Å². The zero-order chi connectivity index (χ0) is 37.3. The number of ether oxygens (including phenoxy) is 3. The number of nitrogens with zero attached hydrogens (tertiary/aromatic N) is 2. The lowest BCUT2D eigenvalue weighted by Gasteiger charge is -2.34. The van der Waals surface area contributed by atoms with E-state index in [1.165, 1.54) is 37.3 Å². The molecule has 0 radical (unpaired) electrons. The maximum Gasteiger partial charge on any atom is 0.264 e. The van der Waals surface area contributed by atoms with E-state index in [0.29, 0.717) is 28.7 Å². The zero-order valence-electron chi connectivity index (χ0n) is 29.4. The molecule has 0 unspecified atom stereocenters. The number of rotatable bonds is 16. The van der Waals surface area contributed by atoms with Gasteiger partial charge in [0.05, 0.1) is 41.5 Å². The second kappa shape index (κ2) is 17.9. The molecule has 1 fully saturated rings. The van der Waals surface area contributed by atoms with Crippen LogP contribution in [0.2, 0.25) is 10.0 Å². The lowest BCUT2D eigenvalue weighted by atomic mass is 10.0. The van der Waals surface area contributed by atoms with Gasteiger partial charge in [0.2, 0.25) is 11.8 Å². The molecule has 4 aromatic rings. The number of carbonyl (C=O) groups is 2. The largest absolute Gasteiger partial charge is 0.494 e. The highest BCUT2D eigenvalue weighted by atomic mass is 35.5. The second-order valence-corrected chi connectivity index (χ2v) is 15.1. The second-order valence-electron chi connectivity index (χ2n) is 12.4. The van der Waals surface area contributed by atoms with E-state index in [-0.39, 0.29) is 46.3 Å². The van der Waals surface area contributed by atoms with Crippen molar-refractivity contribution in [1.29, 1.82) is 0 Å². The molecular weight excluding hydrogens is 725 g/mol. The quantitative estimate of drug-likeness (QED) is 0.127. The van der Waals surface area contributed by atoms with E-state index in [2.05, 4.69) is 5.32 Å². The van der Waals surface area contributed by atoms with Crippen molar-refractivity contribution in [2.24, 2.45) is 0 Å². The summed E-state index contributed by atoms with van der Waals surface area (Å²) in [4.78, 5) is 30.4. The van der Waals surface area contributed by atoms with E-state index >= 15 is 0 Å². The van der Waals surface area contributed by atoms with Crippen molar-refractivity contribution in [3.05, 3.63) is 112 Å². The van der Waals surface area contributed by atoms with Crippen LogP contribution < -0.4 is 23.8 Å². The fourth-order valence-electron chi connectivity index (χ4n) is 6.26. The van der Waals surface area contributed by atoms with E-state index in [4.69, 9.17) is 37.4 Å². The van der Waals surface area contributed by atoms with Gasteiger partial charge in [0, 0.05) is 25.1 Å². The fraction of sp³-hybridized carbons (Fsp3) is 0.333. The summed E-state index contributed by atoms with van der Waals surface area (Å²) in [6.45, 7) is 1.59. The Hall–Kier alpha value is -4.45. The van der Waals surface area contributed by atoms with Crippen molar-refractivity contribution >= 4 is 50.7 Å². The molecule has 276 valence electrons. The minimum Gasteiger partial charge on any atom is -0.494 e. The molecule has 1 aliphatic carbocycles. The van der Waals surface area contributed by atoms with Gasteiger partial charge in [0.1, 0.15) is 18.3 Å². The van der Waals surface area contributed by atoms with Gasteiger partial charge in [-0.2, -0.15) is 0 Å². The number of nitrogens with one attached hydrogen (secondary N) is 1. The highest BCUT2D eigenvalue weighted by Gasteiger charge is 2.36. The first-order valence-electron chi connectivity index (χ1n) is 17.1. The van der Waals surface area contributed by atoms with Crippen molar-refractivity contribution < 1.29 is 32.2 Å². The highest BCUT2D eigenvalue weighted by Crippen LogP contribution is 2.33. The Labute approximate surface area is 315 Å². The third-order valence-electron chi connectivity index (χ3n) is 8.97. The molecule has 4 aromatic carbocycles. The Morgan fingerprint density at radius 2 is 1.54 bits per heavy atom. The minimum atomic E-state index is -4.40. The van der Waals surface area contributed by atoms with Crippen molar-refractivity contribution in [1.82, 2.24) is 10.2 Å². The number of sulfonamides is 1. The predicted octanol–water partition coefficient (Wildman–Crippen LogP) is 7.30. The first-order valence-corrected chi connectivity index (χ1v) is 19.3. The molecule has 0 aliphatic heterocycles. The van der Waals surface area contributed by atoms with Gasteiger partial charge >= 0.3 is 0 Å². The lowest BCUT2D eigenvalue weighted by molar-refractivity contribution is -0.140. The summed E-state index contributed by atoms with van der Waals surface area (Å²) in [6, 6.07) is 24.1. The van der Waals surface area contributed by atoms with Crippen LogP contribution in [0.15, 0.2) is 95.9 Å². The van der Waals surface area contributed by atoms with Gasteiger partial charge in [-0.1, -0.05) is 72.4 Å². The highest BCUT2D eigenvalue weighted by molar-refractivity contribution is 7.92. The van der Waals surface area contributed by atoms with Crippen molar-refractivity contribution in [2.45, 2.75) is 62.6 Å². The lowest BCUT2D eigenvalue weighted by Crippen LogP contribution is -2.54. The molecule has 5 rings (SSSR count). The summed E-state index contributed by atoms with van der Waals surface area (Å²) in [6.07, 6.45) is 3.90. The van der Waals surface area contributed by atoms with Gasteiger partial charge in [-0.05, 0) is 79.4 Å². The average molecular weight is 769 g/mol. The number of carbonyl (C=O) groups excluding carboxylic acids is 2. The molecule has 0 bridgehead atoms.